The number of fused-ring (bicyclic) bond motifs is 1. The number of rotatable bonds is 2. The molecule has 3 nitrogen and oxygen atoms in total. The minimum Gasteiger partial charge on any atom is -0.502 e. The van der Waals surface area contributed by atoms with Crippen molar-refractivity contribution in [3.05, 3.63) is 70.9 Å². The van der Waals surface area contributed by atoms with E-state index in [2.05, 4.69) is 6.58 Å². The molecule has 0 atom stereocenters. The number of hydrogen-bond acceptors (Lipinski definition) is 3. The van der Waals surface area contributed by atoms with Gasteiger partial charge in [0.05, 0.1) is 5.39 Å². The van der Waals surface area contributed by atoms with Gasteiger partial charge in [0.1, 0.15) is 5.58 Å². The molecule has 0 fully saturated rings. The predicted molar refractivity (Wildman–Crippen MR) is 79.7 cm³/mol. The molecular weight excluding hydrogens is 252 g/mol. The van der Waals surface area contributed by atoms with Crippen LogP contribution >= 0.6 is 0 Å². The van der Waals surface area contributed by atoms with Crippen LogP contribution < -0.4 is 5.43 Å². The lowest BCUT2D eigenvalue weighted by molar-refractivity contribution is 0.449. The molecule has 1 heterocycles. The van der Waals surface area contributed by atoms with Crippen molar-refractivity contribution in [1.29, 1.82) is 0 Å². The predicted octanol–water partition coefficient (Wildman–Crippen LogP) is 3.81. The molecule has 0 saturated carbocycles. The van der Waals surface area contributed by atoms with E-state index in [4.69, 9.17) is 4.42 Å². The lowest BCUT2D eigenvalue weighted by atomic mass is 10.1. The van der Waals surface area contributed by atoms with Crippen LogP contribution in [0.3, 0.4) is 0 Å². The molecule has 98 valence electrons. The smallest absolute Gasteiger partial charge is 0.235 e. The quantitative estimate of drug-likeness (QED) is 0.765. The molecule has 0 unspecified atom stereocenters. The fraction of sp³-hybridized carbons (Fsp3) is 0. The monoisotopic (exact) mass is 264 g/mol. The van der Waals surface area contributed by atoms with Gasteiger partial charge in [0.2, 0.25) is 11.2 Å². The molecule has 0 aliphatic carbocycles. The Morgan fingerprint density at radius 1 is 1.05 bits per heavy atom. The molecule has 1 N–H and O–H groups in total. The Bertz CT molecular complexity index is 842. The second-order valence-corrected chi connectivity index (χ2v) is 4.43. The molecule has 3 rings (SSSR count). The molecule has 0 radical (unpaired) electrons. The molecule has 0 amide bonds. The van der Waals surface area contributed by atoms with Crippen molar-refractivity contribution >= 4 is 17.0 Å². The Kier molecular flexibility index (Phi) is 2.88. The van der Waals surface area contributed by atoms with E-state index in [0.717, 1.165) is 5.56 Å². The largest absolute Gasteiger partial charge is 0.502 e. The van der Waals surface area contributed by atoms with Gasteiger partial charge in [-0.3, -0.25) is 4.79 Å². The first kappa shape index (κ1) is 12.2. The van der Waals surface area contributed by atoms with E-state index in [-0.39, 0.29) is 11.5 Å². The SMILES string of the molecule is C=Cc1ccc(-c2oc3ccccc3c(=O)c2O)cc1. The third-order valence-electron chi connectivity index (χ3n) is 3.18. The van der Waals surface area contributed by atoms with E-state index < -0.39 is 5.43 Å². The Morgan fingerprint density at radius 2 is 1.75 bits per heavy atom. The Morgan fingerprint density at radius 3 is 2.45 bits per heavy atom. The van der Waals surface area contributed by atoms with Gasteiger partial charge in [-0.2, -0.15) is 0 Å². The van der Waals surface area contributed by atoms with Gasteiger partial charge in [-0.15, -0.1) is 0 Å². The van der Waals surface area contributed by atoms with Crippen LogP contribution in [-0.4, -0.2) is 5.11 Å². The molecule has 0 saturated heterocycles. The maximum absolute atomic E-state index is 12.1. The first-order chi connectivity index (χ1) is 9.70. The summed E-state index contributed by atoms with van der Waals surface area (Å²) in [6.07, 6.45) is 1.72. The second kappa shape index (κ2) is 4.70. The van der Waals surface area contributed by atoms with E-state index in [9.17, 15) is 9.90 Å². The van der Waals surface area contributed by atoms with Gasteiger partial charge in [-0.1, -0.05) is 49.1 Å². The Balaban J connectivity index is 2.27. The normalized spacial score (nSPS) is 10.6. The average molecular weight is 264 g/mol. The van der Waals surface area contributed by atoms with Crippen molar-refractivity contribution in [3.8, 4) is 17.1 Å². The van der Waals surface area contributed by atoms with Crippen LogP contribution in [0, 0.1) is 0 Å². The molecule has 2 aromatic carbocycles. The minimum atomic E-state index is -0.422. The lowest BCUT2D eigenvalue weighted by Gasteiger charge is -2.06. The number of para-hydroxylation sites is 1. The highest BCUT2D eigenvalue weighted by atomic mass is 16.4. The van der Waals surface area contributed by atoms with Gasteiger partial charge in [0.15, 0.2) is 5.76 Å². The summed E-state index contributed by atoms with van der Waals surface area (Å²) in [6.45, 7) is 3.68. The summed E-state index contributed by atoms with van der Waals surface area (Å²) in [7, 11) is 0. The highest BCUT2D eigenvalue weighted by Gasteiger charge is 2.14. The van der Waals surface area contributed by atoms with Crippen LogP contribution in [0.25, 0.3) is 28.4 Å². The van der Waals surface area contributed by atoms with Crippen molar-refractivity contribution in [3.63, 3.8) is 0 Å². The zero-order chi connectivity index (χ0) is 14.1. The van der Waals surface area contributed by atoms with Crippen molar-refractivity contribution in [2.75, 3.05) is 0 Å². The van der Waals surface area contributed by atoms with Gasteiger partial charge >= 0.3 is 0 Å². The van der Waals surface area contributed by atoms with E-state index in [1.165, 1.54) is 0 Å². The molecule has 3 heteroatoms. The van der Waals surface area contributed by atoms with Gasteiger partial charge in [-0.05, 0) is 17.7 Å². The van der Waals surface area contributed by atoms with E-state index >= 15 is 0 Å². The zero-order valence-corrected chi connectivity index (χ0v) is 10.7. The van der Waals surface area contributed by atoms with E-state index in [1.807, 2.05) is 12.1 Å². The van der Waals surface area contributed by atoms with Gasteiger partial charge in [0, 0.05) is 5.56 Å². The van der Waals surface area contributed by atoms with Crippen molar-refractivity contribution < 1.29 is 9.52 Å². The summed E-state index contributed by atoms with van der Waals surface area (Å²) in [6, 6.07) is 14.1. The van der Waals surface area contributed by atoms with Crippen LogP contribution in [0.2, 0.25) is 0 Å². The highest BCUT2D eigenvalue weighted by molar-refractivity contribution is 5.81. The topological polar surface area (TPSA) is 50.4 Å². The molecule has 0 aliphatic rings. The first-order valence-corrected chi connectivity index (χ1v) is 6.18. The fourth-order valence-electron chi connectivity index (χ4n) is 2.10. The Labute approximate surface area is 115 Å². The summed E-state index contributed by atoms with van der Waals surface area (Å²) >= 11 is 0. The molecular formula is C17H12O3. The molecule has 0 aliphatic heterocycles. The molecule has 1 aromatic heterocycles. The molecule has 0 bridgehead atoms. The van der Waals surface area contributed by atoms with Gasteiger partial charge in [-0.25, -0.2) is 0 Å². The van der Waals surface area contributed by atoms with E-state index in [0.29, 0.717) is 16.5 Å². The van der Waals surface area contributed by atoms with Crippen LogP contribution in [0.4, 0.5) is 0 Å². The highest BCUT2D eigenvalue weighted by Crippen LogP contribution is 2.29. The third kappa shape index (κ3) is 1.89. The fourth-order valence-corrected chi connectivity index (χ4v) is 2.10. The van der Waals surface area contributed by atoms with Crippen LogP contribution in [0.5, 0.6) is 5.75 Å². The van der Waals surface area contributed by atoms with Crippen LogP contribution in [0.1, 0.15) is 5.56 Å². The summed E-state index contributed by atoms with van der Waals surface area (Å²) < 4.78 is 5.66. The molecule has 3 aromatic rings. The minimum absolute atomic E-state index is 0.185. The first-order valence-electron chi connectivity index (χ1n) is 6.18. The van der Waals surface area contributed by atoms with E-state index in [1.54, 1.807) is 42.5 Å². The second-order valence-electron chi connectivity index (χ2n) is 4.43. The van der Waals surface area contributed by atoms with Gasteiger partial charge in [0.25, 0.3) is 0 Å². The zero-order valence-electron chi connectivity index (χ0n) is 10.7. The summed E-state index contributed by atoms with van der Waals surface area (Å²) in [5.74, 6) is -0.181. The third-order valence-corrected chi connectivity index (χ3v) is 3.18. The van der Waals surface area contributed by atoms with Crippen LogP contribution in [0.15, 0.2) is 64.3 Å². The number of hydrogen-bond donors (Lipinski definition) is 1. The molecule has 20 heavy (non-hydrogen) atoms. The summed E-state index contributed by atoms with van der Waals surface area (Å²) in [5.41, 5.74) is 1.64. The van der Waals surface area contributed by atoms with Crippen molar-refractivity contribution in [2.24, 2.45) is 0 Å². The average Bonchev–Trinajstić information content (AvgIpc) is 2.51. The lowest BCUT2D eigenvalue weighted by Crippen LogP contribution is -2.02. The summed E-state index contributed by atoms with van der Waals surface area (Å²) in [4.78, 5) is 12.1. The van der Waals surface area contributed by atoms with Gasteiger partial charge < -0.3 is 9.52 Å². The van der Waals surface area contributed by atoms with Crippen LogP contribution in [-0.2, 0) is 0 Å². The maximum atomic E-state index is 12.1. The molecule has 0 spiro atoms. The maximum Gasteiger partial charge on any atom is 0.235 e. The van der Waals surface area contributed by atoms with Crippen molar-refractivity contribution in [2.45, 2.75) is 0 Å². The number of benzene rings is 2. The Hall–Kier alpha value is -2.81. The standard InChI is InChI=1S/C17H12O3/c1-2-11-7-9-12(10-8-11)17-16(19)15(18)13-5-3-4-6-14(13)20-17/h2-10,19H,1H2. The number of aromatic hydroxyl groups is 1. The summed E-state index contributed by atoms with van der Waals surface area (Å²) in [5, 5.41) is 10.4. The van der Waals surface area contributed by atoms with Crippen molar-refractivity contribution in [1.82, 2.24) is 0 Å².